The summed E-state index contributed by atoms with van der Waals surface area (Å²) < 4.78 is 14.0. The number of nitrogens with zero attached hydrogens (tertiary/aromatic N) is 2. The smallest absolute Gasteiger partial charge is 0.328 e. The number of benzene rings is 4. The van der Waals surface area contributed by atoms with Crippen molar-refractivity contribution in [2.24, 2.45) is 0 Å². The quantitative estimate of drug-likeness (QED) is 0.158. The van der Waals surface area contributed by atoms with Crippen LogP contribution in [0.1, 0.15) is 49.4 Å². The van der Waals surface area contributed by atoms with Gasteiger partial charge in [-0.1, -0.05) is 79.4 Å². The van der Waals surface area contributed by atoms with E-state index in [-0.39, 0.29) is 6.04 Å². The molecule has 0 bridgehead atoms. The second-order valence-corrected chi connectivity index (χ2v) is 11.7. The Morgan fingerprint density at radius 3 is 2.27 bits per heavy atom. The fraction of sp³-hybridized carbons (Fsp3) is 0.211. The number of methoxy groups -OCH3 is 1. The number of halogens is 1. The number of carbonyl (C=O) groups is 1. The third-order valence-electron chi connectivity index (χ3n) is 8.29. The van der Waals surface area contributed by atoms with Gasteiger partial charge in [0.1, 0.15) is 18.1 Å². The maximum atomic E-state index is 11.5. The molecule has 228 valence electrons. The molecule has 0 aliphatic heterocycles. The summed E-state index contributed by atoms with van der Waals surface area (Å²) in [4.78, 5) is 11.5. The molecule has 1 aromatic heterocycles. The third kappa shape index (κ3) is 6.97. The molecule has 45 heavy (non-hydrogen) atoms. The zero-order valence-corrected chi connectivity index (χ0v) is 25.9. The van der Waals surface area contributed by atoms with E-state index < -0.39 is 5.97 Å². The summed E-state index contributed by atoms with van der Waals surface area (Å²) in [6.45, 7) is 0.355. The number of ether oxygens (including phenoxy) is 2. The molecule has 0 amide bonds. The molecule has 1 fully saturated rings. The molecule has 1 heterocycles. The molecule has 7 heteroatoms. The molecule has 5 aromatic rings. The van der Waals surface area contributed by atoms with Crippen molar-refractivity contribution in [3.63, 3.8) is 0 Å². The van der Waals surface area contributed by atoms with Gasteiger partial charge in [-0.3, -0.25) is 4.68 Å². The maximum Gasteiger partial charge on any atom is 0.328 e. The molecule has 1 saturated carbocycles. The van der Waals surface area contributed by atoms with E-state index >= 15 is 0 Å². The van der Waals surface area contributed by atoms with Gasteiger partial charge in [0, 0.05) is 27.8 Å². The first-order valence-corrected chi connectivity index (χ1v) is 15.6. The summed E-state index contributed by atoms with van der Waals surface area (Å²) in [6, 6.07) is 32.2. The lowest BCUT2D eigenvalue weighted by Gasteiger charge is -2.24. The molecule has 1 aliphatic rings. The number of rotatable bonds is 10. The summed E-state index contributed by atoms with van der Waals surface area (Å²) >= 11 is 6.14. The summed E-state index contributed by atoms with van der Waals surface area (Å²) in [6.07, 6.45) is 8.39. The van der Waals surface area contributed by atoms with Crippen LogP contribution in [-0.2, 0) is 11.4 Å². The number of hydrogen-bond acceptors (Lipinski definition) is 4. The van der Waals surface area contributed by atoms with Gasteiger partial charge >= 0.3 is 5.97 Å². The van der Waals surface area contributed by atoms with Crippen molar-refractivity contribution >= 4 is 23.6 Å². The molecule has 6 nitrogen and oxygen atoms in total. The minimum Gasteiger partial charge on any atom is -0.497 e. The fourth-order valence-electron chi connectivity index (χ4n) is 6.07. The molecule has 0 radical (unpaired) electrons. The van der Waals surface area contributed by atoms with E-state index in [1.807, 2.05) is 84.9 Å². The Kier molecular flexibility index (Phi) is 9.32. The number of aromatic nitrogens is 2. The molecular weight excluding hydrogens is 584 g/mol. The molecular formula is C38H35ClN2O4. The van der Waals surface area contributed by atoms with Crippen LogP contribution < -0.4 is 9.47 Å². The van der Waals surface area contributed by atoms with Gasteiger partial charge in [-0.2, -0.15) is 5.10 Å². The Morgan fingerprint density at radius 2 is 1.58 bits per heavy atom. The Bertz CT molecular complexity index is 1790. The monoisotopic (exact) mass is 618 g/mol. The first kappa shape index (κ1) is 30.2. The molecule has 0 unspecified atom stereocenters. The Labute approximate surface area is 268 Å². The van der Waals surface area contributed by atoms with E-state index in [1.165, 1.54) is 6.42 Å². The zero-order valence-electron chi connectivity index (χ0n) is 25.2. The van der Waals surface area contributed by atoms with Crippen molar-refractivity contribution in [1.82, 2.24) is 9.78 Å². The van der Waals surface area contributed by atoms with Gasteiger partial charge in [0.05, 0.1) is 24.5 Å². The third-order valence-corrected chi connectivity index (χ3v) is 8.55. The average molecular weight is 619 g/mol. The lowest BCUT2D eigenvalue weighted by molar-refractivity contribution is -0.131. The SMILES string of the molecule is COc1ccc(-c2ccc(Cl)cc2)c(COc2ccc(-c3c(-c4ccccc4)c(/C=C/C(=O)O)nn3C3CCCCC3)cc2)c1. The Balaban J connectivity index is 1.35. The fourth-order valence-corrected chi connectivity index (χ4v) is 6.20. The summed E-state index contributed by atoms with van der Waals surface area (Å²) in [5, 5.41) is 15.1. The van der Waals surface area contributed by atoms with Crippen molar-refractivity contribution in [1.29, 1.82) is 0 Å². The van der Waals surface area contributed by atoms with Gasteiger partial charge in [0.15, 0.2) is 0 Å². The lowest BCUT2D eigenvalue weighted by atomic mass is 9.94. The molecule has 1 N–H and O–H groups in total. The van der Waals surface area contributed by atoms with Crippen LogP contribution in [0, 0.1) is 0 Å². The highest BCUT2D eigenvalue weighted by Gasteiger charge is 2.26. The minimum absolute atomic E-state index is 0.249. The second kappa shape index (κ2) is 13.9. The van der Waals surface area contributed by atoms with Gasteiger partial charge in [-0.15, -0.1) is 0 Å². The second-order valence-electron chi connectivity index (χ2n) is 11.2. The number of carboxylic acids is 1. The van der Waals surface area contributed by atoms with Gasteiger partial charge in [-0.25, -0.2) is 4.79 Å². The standard InChI is InChI=1S/C38H35ClN2O4/c1-44-33-20-21-34(26-12-16-30(39)17-13-26)29(24-33)25-45-32-18-14-28(15-19-32)38-37(27-8-4-2-5-9-27)35(22-23-36(42)43)40-41(38)31-10-6-3-7-11-31/h2,4-5,8-9,12-24,31H,3,6-7,10-11,25H2,1H3,(H,42,43)/b23-22+. The lowest BCUT2D eigenvalue weighted by Crippen LogP contribution is -2.15. The van der Waals surface area contributed by atoms with Crippen LogP contribution >= 0.6 is 11.6 Å². The molecule has 0 saturated heterocycles. The van der Waals surface area contributed by atoms with E-state index in [2.05, 4.69) is 16.8 Å². The van der Waals surface area contributed by atoms with Crippen molar-refractivity contribution in [3.05, 3.63) is 119 Å². The predicted molar refractivity (Wildman–Crippen MR) is 180 cm³/mol. The van der Waals surface area contributed by atoms with E-state index in [4.69, 9.17) is 26.2 Å². The maximum absolute atomic E-state index is 11.5. The van der Waals surface area contributed by atoms with E-state index in [1.54, 1.807) is 13.2 Å². The van der Waals surface area contributed by atoms with Gasteiger partial charge < -0.3 is 14.6 Å². The van der Waals surface area contributed by atoms with Gasteiger partial charge in [-0.05, 0) is 84.1 Å². The zero-order chi connectivity index (χ0) is 31.2. The normalized spacial score (nSPS) is 13.6. The van der Waals surface area contributed by atoms with E-state index in [0.717, 1.165) is 82.3 Å². The summed E-state index contributed by atoms with van der Waals surface area (Å²) in [5.41, 5.74) is 7.65. The van der Waals surface area contributed by atoms with Crippen LogP contribution in [0.25, 0.3) is 39.6 Å². The van der Waals surface area contributed by atoms with Crippen LogP contribution in [0.15, 0.2) is 103 Å². The van der Waals surface area contributed by atoms with Crippen molar-refractivity contribution in [3.8, 4) is 45.0 Å². The van der Waals surface area contributed by atoms with E-state index in [9.17, 15) is 9.90 Å². The van der Waals surface area contributed by atoms with Crippen molar-refractivity contribution in [2.45, 2.75) is 44.8 Å². The van der Waals surface area contributed by atoms with Crippen LogP contribution in [0.3, 0.4) is 0 Å². The Morgan fingerprint density at radius 1 is 0.889 bits per heavy atom. The number of aliphatic carboxylic acids is 1. The van der Waals surface area contributed by atoms with Crippen molar-refractivity contribution < 1.29 is 19.4 Å². The van der Waals surface area contributed by atoms with Crippen LogP contribution in [0.5, 0.6) is 11.5 Å². The van der Waals surface area contributed by atoms with Crippen LogP contribution in [-0.4, -0.2) is 28.0 Å². The first-order valence-electron chi connectivity index (χ1n) is 15.2. The first-order chi connectivity index (χ1) is 22.0. The molecule has 4 aromatic carbocycles. The van der Waals surface area contributed by atoms with Gasteiger partial charge in [0.25, 0.3) is 0 Å². The average Bonchev–Trinajstić information content (AvgIpc) is 3.47. The highest BCUT2D eigenvalue weighted by Crippen LogP contribution is 2.41. The number of hydrogen-bond donors (Lipinski definition) is 1. The summed E-state index contributed by atoms with van der Waals surface area (Å²) in [5.74, 6) is 0.498. The Hall–Kier alpha value is -4.81. The predicted octanol–water partition coefficient (Wildman–Crippen LogP) is 9.73. The summed E-state index contributed by atoms with van der Waals surface area (Å²) in [7, 11) is 1.66. The minimum atomic E-state index is -1.00. The molecule has 6 rings (SSSR count). The molecule has 0 atom stereocenters. The molecule has 0 spiro atoms. The topological polar surface area (TPSA) is 73.6 Å². The van der Waals surface area contributed by atoms with Crippen LogP contribution in [0.4, 0.5) is 0 Å². The van der Waals surface area contributed by atoms with Gasteiger partial charge in [0.2, 0.25) is 0 Å². The highest BCUT2D eigenvalue weighted by molar-refractivity contribution is 6.30. The number of carboxylic acid groups (broad SMARTS) is 1. The van der Waals surface area contributed by atoms with Crippen LogP contribution in [0.2, 0.25) is 5.02 Å². The van der Waals surface area contributed by atoms with E-state index in [0.29, 0.717) is 17.3 Å². The highest BCUT2D eigenvalue weighted by atomic mass is 35.5. The van der Waals surface area contributed by atoms with Crippen molar-refractivity contribution in [2.75, 3.05) is 7.11 Å². The molecule has 1 aliphatic carbocycles. The largest absolute Gasteiger partial charge is 0.497 e.